The second-order valence-corrected chi connectivity index (χ2v) is 5.40. The topological polar surface area (TPSA) is 37.0 Å². The van der Waals surface area contributed by atoms with E-state index in [1.54, 1.807) is 0 Å². The third kappa shape index (κ3) is 4.69. The van der Waals surface area contributed by atoms with Crippen molar-refractivity contribution in [1.82, 2.24) is 10.3 Å². The van der Waals surface area contributed by atoms with Gasteiger partial charge in [-0.25, -0.2) is 0 Å². The standard InChI is InChI=1S/C16H24N2O/c1-13(2)12-19-9-3-7-17-11-14-4-5-15-6-8-18-16(15)10-14/h4-6,8,10,13,17-18H,3,7,9,11-12H2,1-2H3. The van der Waals surface area contributed by atoms with Crippen molar-refractivity contribution >= 4 is 10.9 Å². The highest BCUT2D eigenvalue weighted by Gasteiger charge is 1.97. The summed E-state index contributed by atoms with van der Waals surface area (Å²) >= 11 is 0. The van der Waals surface area contributed by atoms with E-state index in [9.17, 15) is 0 Å². The summed E-state index contributed by atoms with van der Waals surface area (Å²) in [6.45, 7) is 7.98. The predicted octanol–water partition coefficient (Wildman–Crippen LogP) is 3.32. The number of nitrogens with one attached hydrogen (secondary N) is 2. The first kappa shape index (κ1) is 14.1. The molecule has 0 saturated heterocycles. The van der Waals surface area contributed by atoms with E-state index < -0.39 is 0 Å². The summed E-state index contributed by atoms with van der Waals surface area (Å²) in [5.74, 6) is 0.625. The number of aromatic amines is 1. The molecule has 1 aromatic carbocycles. The van der Waals surface area contributed by atoms with Crippen molar-refractivity contribution in [2.75, 3.05) is 19.8 Å². The zero-order chi connectivity index (χ0) is 13.5. The van der Waals surface area contributed by atoms with E-state index in [0.717, 1.165) is 32.7 Å². The normalized spacial score (nSPS) is 11.5. The van der Waals surface area contributed by atoms with Crippen molar-refractivity contribution < 1.29 is 4.74 Å². The molecule has 0 amide bonds. The molecule has 0 bridgehead atoms. The van der Waals surface area contributed by atoms with Crippen LogP contribution in [0.4, 0.5) is 0 Å². The number of ether oxygens (including phenoxy) is 1. The highest BCUT2D eigenvalue weighted by atomic mass is 16.5. The first-order chi connectivity index (χ1) is 9.25. The van der Waals surface area contributed by atoms with Gasteiger partial charge in [0, 0.05) is 31.5 Å². The number of H-pyrrole nitrogens is 1. The molecule has 2 rings (SSSR count). The lowest BCUT2D eigenvalue weighted by atomic mass is 10.1. The molecule has 1 heterocycles. The fraction of sp³-hybridized carbons (Fsp3) is 0.500. The predicted molar refractivity (Wildman–Crippen MR) is 80.3 cm³/mol. The summed E-state index contributed by atoms with van der Waals surface area (Å²) < 4.78 is 5.55. The molecule has 0 aliphatic heterocycles. The molecule has 104 valence electrons. The summed E-state index contributed by atoms with van der Waals surface area (Å²) in [6.07, 6.45) is 3.05. The number of rotatable bonds is 8. The Labute approximate surface area is 115 Å². The number of aromatic nitrogens is 1. The van der Waals surface area contributed by atoms with Gasteiger partial charge in [-0.15, -0.1) is 0 Å². The fourth-order valence-electron chi connectivity index (χ4n) is 2.06. The van der Waals surface area contributed by atoms with E-state index in [0.29, 0.717) is 5.92 Å². The number of hydrogen-bond acceptors (Lipinski definition) is 2. The van der Waals surface area contributed by atoms with Crippen LogP contribution in [0.15, 0.2) is 30.5 Å². The number of hydrogen-bond donors (Lipinski definition) is 2. The fourth-order valence-corrected chi connectivity index (χ4v) is 2.06. The van der Waals surface area contributed by atoms with Crippen LogP contribution < -0.4 is 5.32 Å². The van der Waals surface area contributed by atoms with Gasteiger partial charge in [-0.3, -0.25) is 0 Å². The van der Waals surface area contributed by atoms with Crippen LogP contribution in [-0.2, 0) is 11.3 Å². The maximum absolute atomic E-state index is 5.55. The molecular formula is C16H24N2O. The average Bonchev–Trinajstić information content (AvgIpc) is 2.84. The Balaban J connectivity index is 1.62. The molecule has 2 aromatic rings. The number of fused-ring (bicyclic) bond motifs is 1. The van der Waals surface area contributed by atoms with Gasteiger partial charge in [-0.2, -0.15) is 0 Å². The van der Waals surface area contributed by atoms with Gasteiger partial charge in [0.25, 0.3) is 0 Å². The van der Waals surface area contributed by atoms with Gasteiger partial charge in [-0.05, 0) is 42.0 Å². The molecule has 0 unspecified atom stereocenters. The molecule has 0 saturated carbocycles. The molecule has 1 aromatic heterocycles. The van der Waals surface area contributed by atoms with Gasteiger partial charge in [-0.1, -0.05) is 26.0 Å². The third-order valence-corrected chi connectivity index (χ3v) is 3.04. The Morgan fingerprint density at radius 2 is 2.16 bits per heavy atom. The Morgan fingerprint density at radius 3 is 3.00 bits per heavy atom. The minimum atomic E-state index is 0.625. The Kier molecular flexibility index (Phi) is 5.43. The number of benzene rings is 1. The quantitative estimate of drug-likeness (QED) is 0.714. The average molecular weight is 260 g/mol. The van der Waals surface area contributed by atoms with Crippen molar-refractivity contribution in [3.8, 4) is 0 Å². The van der Waals surface area contributed by atoms with Gasteiger partial charge in [0.05, 0.1) is 0 Å². The largest absolute Gasteiger partial charge is 0.381 e. The molecule has 0 atom stereocenters. The zero-order valence-electron chi connectivity index (χ0n) is 11.9. The third-order valence-electron chi connectivity index (χ3n) is 3.04. The Morgan fingerprint density at radius 1 is 1.26 bits per heavy atom. The summed E-state index contributed by atoms with van der Waals surface area (Å²) in [4.78, 5) is 3.24. The van der Waals surface area contributed by atoms with Gasteiger partial charge < -0.3 is 15.0 Å². The summed E-state index contributed by atoms with van der Waals surface area (Å²) in [7, 11) is 0. The van der Waals surface area contributed by atoms with Crippen molar-refractivity contribution in [1.29, 1.82) is 0 Å². The molecule has 19 heavy (non-hydrogen) atoms. The van der Waals surface area contributed by atoms with Gasteiger partial charge >= 0.3 is 0 Å². The van der Waals surface area contributed by atoms with Crippen LogP contribution in [-0.4, -0.2) is 24.7 Å². The molecule has 0 fully saturated rings. The zero-order valence-corrected chi connectivity index (χ0v) is 11.9. The van der Waals surface area contributed by atoms with Crippen molar-refractivity contribution in [3.63, 3.8) is 0 Å². The van der Waals surface area contributed by atoms with E-state index in [1.165, 1.54) is 16.5 Å². The first-order valence-electron chi connectivity index (χ1n) is 7.10. The smallest absolute Gasteiger partial charge is 0.0489 e. The second-order valence-electron chi connectivity index (χ2n) is 5.40. The lowest BCUT2D eigenvalue weighted by Gasteiger charge is -2.08. The molecule has 0 spiro atoms. The Hall–Kier alpha value is -1.32. The molecular weight excluding hydrogens is 236 g/mol. The van der Waals surface area contributed by atoms with Crippen LogP contribution in [0.2, 0.25) is 0 Å². The van der Waals surface area contributed by atoms with E-state index >= 15 is 0 Å². The van der Waals surface area contributed by atoms with Gasteiger partial charge in [0.2, 0.25) is 0 Å². The molecule has 0 radical (unpaired) electrons. The van der Waals surface area contributed by atoms with Crippen LogP contribution >= 0.6 is 0 Å². The monoisotopic (exact) mass is 260 g/mol. The second kappa shape index (κ2) is 7.31. The van der Waals surface area contributed by atoms with Crippen LogP contribution in [0.5, 0.6) is 0 Å². The van der Waals surface area contributed by atoms with Crippen LogP contribution in [0.1, 0.15) is 25.8 Å². The maximum Gasteiger partial charge on any atom is 0.0489 e. The van der Waals surface area contributed by atoms with Crippen molar-refractivity contribution in [3.05, 3.63) is 36.0 Å². The first-order valence-corrected chi connectivity index (χ1v) is 7.10. The maximum atomic E-state index is 5.55. The lowest BCUT2D eigenvalue weighted by Crippen LogP contribution is -2.16. The summed E-state index contributed by atoms with van der Waals surface area (Å²) in [5.41, 5.74) is 2.53. The van der Waals surface area contributed by atoms with E-state index in [1.807, 2.05) is 6.20 Å². The summed E-state index contributed by atoms with van der Waals surface area (Å²) in [6, 6.07) is 8.64. The van der Waals surface area contributed by atoms with Crippen LogP contribution in [0.3, 0.4) is 0 Å². The minimum absolute atomic E-state index is 0.625. The molecule has 3 heteroatoms. The highest BCUT2D eigenvalue weighted by Crippen LogP contribution is 2.13. The highest BCUT2D eigenvalue weighted by molar-refractivity contribution is 5.79. The van der Waals surface area contributed by atoms with Gasteiger partial charge in [0.15, 0.2) is 0 Å². The van der Waals surface area contributed by atoms with Crippen molar-refractivity contribution in [2.45, 2.75) is 26.8 Å². The van der Waals surface area contributed by atoms with E-state index in [4.69, 9.17) is 4.74 Å². The lowest BCUT2D eigenvalue weighted by molar-refractivity contribution is 0.108. The van der Waals surface area contributed by atoms with Crippen LogP contribution in [0, 0.1) is 5.92 Å². The van der Waals surface area contributed by atoms with Crippen LogP contribution in [0.25, 0.3) is 10.9 Å². The SMILES string of the molecule is CC(C)COCCCNCc1ccc2cc[nH]c2c1. The summed E-state index contributed by atoms with van der Waals surface area (Å²) in [5, 5.41) is 4.72. The van der Waals surface area contributed by atoms with E-state index in [-0.39, 0.29) is 0 Å². The van der Waals surface area contributed by atoms with E-state index in [2.05, 4.69) is 48.4 Å². The van der Waals surface area contributed by atoms with Gasteiger partial charge in [0.1, 0.15) is 0 Å². The Bertz CT molecular complexity index is 490. The minimum Gasteiger partial charge on any atom is -0.381 e. The molecule has 0 aliphatic rings. The molecule has 0 aliphatic carbocycles. The van der Waals surface area contributed by atoms with Crippen molar-refractivity contribution in [2.24, 2.45) is 5.92 Å². The molecule has 2 N–H and O–H groups in total. The molecule has 3 nitrogen and oxygen atoms in total.